The van der Waals surface area contributed by atoms with Gasteiger partial charge in [0.15, 0.2) is 0 Å². The molecule has 2 heteroatoms. The second-order valence-corrected chi connectivity index (χ2v) is 4.47. The van der Waals surface area contributed by atoms with E-state index in [0.29, 0.717) is 12.6 Å². The minimum Gasteiger partial charge on any atom is -0.360 e. The fraction of sp³-hybridized carbons (Fsp3) is 0.500. The lowest BCUT2D eigenvalue weighted by molar-refractivity contribution is 0.577. The van der Waals surface area contributed by atoms with Crippen LogP contribution >= 0.6 is 0 Å². The van der Waals surface area contributed by atoms with Crippen molar-refractivity contribution in [1.82, 2.24) is 5.32 Å². The Morgan fingerprint density at radius 2 is 1.94 bits per heavy atom. The molecule has 98 valence electrons. The molecular formula is C16H24N2. The van der Waals surface area contributed by atoms with Crippen molar-refractivity contribution in [2.45, 2.75) is 32.7 Å². The number of anilines is 1. The highest BCUT2D eigenvalue weighted by Gasteiger charge is 2.08. The summed E-state index contributed by atoms with van der Waals surface area (Å²) in [6.07, 6.45) is 7.62. The van der Waals surface area contributed by atoms with Crippen LogP contribution in [0.1, 0.15) is 38.3 Å². The van der Waals surface area contributed by atoms with Gasteiger partial charge in [0.2, 0.25) is 0 Å². The van der Waals surface area contributed by atoms with E-state index < -0.39 is 0 Å². The Labute approximate surface area is 111 Å². The van der Waals surface area contributed by atoms with E-state index in [2.05, 4.69) is 54.3 Å². The van der Waals surface area contributed by atoms with Crippen LogP contribution in [0, 0.1) is 12.3 Å². The Morgan fingerprint density at radius 1 is 1.28 bits per heavy atom. The van der Waals surface area contributed by atoms with Crippen molar-refractivity contribution in [3.05, 3.63) is 29.8 Å². The molecule has 0 saturated heterocycles. The minimum absolute atomic E-state index is 0.436. The number of terminal acetylenes is 1. The summed E-state index contributed by atoms with van der Waals surface area (Å²) in [6.45, 7) is 6.05. The molecule has 1 rings (SSSR count). The third kappa shape index (κ3) is 3.78. The molecule has 0 fully saturated rings. The molecule has 1 aromatic rings. The second kappa shape index (κ2) is 7.79. The van der Waals surface area contributed by atoms with E-state index in [1.807, 2.05) is 7.05 Å². The summed E-state index contributed by atoms with van der Waals surface area (Å²) in [5.74, 6) is 2.72. The van der Waals surface area contributed by atoms with Crippen LogP contribution < -0.4 is 10.2 Å². The third-order valence-corrected chi connectivity index (χ3v) is 3.19. The highest BCUT2D eigenvalue weighted by atomic mass is 15.1. The summed E-state index contributed by atoms with van der Waals surface area (Å²) in [5.41, 5.74) is 2.55. The first-order chi connectivity index (χ1) is 8.76. The van der Waals surface area contributed by atoms with Gasteiger partial charge < -0.3 is 10.2 Å². The number of nitrogens with one attached hydrogen (secondary N) is 1. The molecule has 1 atom stereocenters. The molecule has 0 aromatic heterocycles. The lowest BCUT2D eigenvalue weighted by Gasteiger charge is -2.23. The molecule has 0 aliphatic heterocycles. The fourth-order valence-corrected chi connectivity index (χ4v) is 2.20. The number of rotatable bonds is 7. The van der Waals surface area contributed by atoms with Crippen LogP contribution in [-0.2, 0) is 0 Å². The smallest absolute Gasteiger partial charge is 0.0791 e. The first-order valence-electron chi connectivity index (χ1n) is 6.72. The molecule has 0 saturated carbocycles. The van der Waals surface area contributed by atoms with Crippen LogP contribution in [-0.4, -0.2) is 20.1 Å². The van der Waals surface area contributed by atoms with Crippen molar-refractivity contribution >= 4 is 5.69 Å². The van der Waals surface area contributed by atoms with Gasteiger partial charge in [-0.25, -0.2) is 0 Å². The summed E-state index contributed by atoms with van der Waals surface area (Å²) in [5, 5.41) is 3.32. The molecule has 1 aromatic carbocycles. The summed E-state index contributed by atoms with van der Waals surface area (Å²) >= 11 is 0. The van der Waals surface area contributed by atoms with E-state index in [1.165, 1.54) is 11.3 Å². The van der Waals surface area contributed by atoms with E-state index >= 15 is 0 Å². The molecule has 2 nitrogen and oxygen atoms in total. The molecule has 0 aliphatic carbocycles. The quantitative estimate of drug-likeness (QED) is 0.741. The van der Waals surface area contributed by atoms with Crippen LogP contribution in [0.2, 0.25) is 0 Å². The summed E-state index contributed by atoms with van der Waals surface area (Å²) < 4.78 is 0. The lowest BCUT2D eigenvalue weighted by Crippen LogP contribution is -2.24. The Hall–Kier alpha value is -1.46. The lowest BCUT2D eigenvalue weighted by atomic mass is 10.0. The highest BCUT2D eigenvalue weighted by molar-refractivity contribution is 5.49. The van der Waals surface area contributed by atoms with Crippen molar-refractivity contribution < 1.29 is 0 Å². The first kappa shape index (κ1) is 14.6. The van der Waals surface area contributed by atoms with Crippen LogP contribution in [0.3, 0.4) is 0 Å². The van der Waals surface area contributed by atoms with E-state index in [0.717, 1.165) is 19.4 Å². The topological polar surface area (TPSA) is 15.3 Å². The molecule has 0 aliphatic rings. The average molecular weight is 244 g/mol. The van der Waals surface area contributed by atoms with Crippen LogP contribution in [0.5, 0.6) is 0 Å². The largest absolute Gasteiger partial charge is 0.360 e. The summed E-state index contributed by atoms with van der Waals surface area (Å²) in [7, 11) is 2.00. The molecule has 0 amide bonds. The summed E-state index contributed by atoms with van der Waals surface area (Å²) in [4.78, 5) is 2.24. The van der Waals surface area contributed by atoms with Crippen LogP contribution in [0.25, 0.3) is 0 Å². The minimum atomic E-state index is 0.436. The molecule has 0 bridgehead atoms. The van der Waals surface area contributed by atoms with E-state index in [9.17, 15) is 0 Å². The zero-order valence-corrected chi connectivity index (χ0v) is 11.7. The van der Waals surface area contributed by atoms with Gasteiger partial charge in [-0.1, -0.05) is 31.9 Å². The normalized spacial score (nSPS) is 11.9. The van der Waals surface area contributed by atoms with Gasteiger partial charge in [0.1, 0.15) is 0 Å². The molecule has 0 radical (unpaired) electrons. The van der Waals surface area contributed by atoms with Gasteiger partial charge in [-0.05, 0) is 37.6 Å². The van der Waals surface area contributed by atoms with Gasteiger partial charge in [-0.15, -0.1) is 6.42 Å². The maximum atomic E-state index is 5.42. The Morgan fingerprint density at radius 3 is 2.39 bits per heavy atom. The predicted molar refractivity (Wildman–Crippen MR) is 79.9 cm³/mol. The molecule has 0 heterocycles. The number of benzene rings is 1. The van der Waals surface area contributed by atoms with Gasteiger partial charge >= 0.3 is 0 Å². The maximum absolute atomic E-state index is 5.42. The van der Waals surface area contributed by atoms with Gasteiger partial charge in [0.05, 0.1) is 6.54 Å². The van der Waals surface area contributed by atoms with E-state index in [4.69, 9.17) is 6.42 Å². The van der Waals surface area contributed by atoms with Crippen molar-refractivity contribution in [2.75, 3.05) is 25.0 Å². The van der Waals surface area contributed by atoms with Crippen molar-refractivity contribution in [1.29, 1.82) is 0 Å². The maximum Gasteiger partial charge on any atom is 0.0791 e. The molecule has 1 N–H and O–H groups in total. The van der Waals surface area contributed by atoms with Crippen LogP contribution in [0.15, 0.2) is 24.3 Å². The molecule has 18 heavy (non-hydrogen) atoms. The van der Waals surface area contributed by atoms with Gasteiger partial charge in [-0.2, -0.15) is 0 Å². The molecule has 1 unspecified atom stereocenters. The zero-order chi connectivity index (χ0) is 13.4. The predicted octanol–water partition coefficient (Wildman–Crippen LogP) is 3.21. The third-order valence-electron chi connectivity index (χ3n) is 3.19. The van der Waals surface area contributed by atoms with E-state index in [1.54, 1.807) is 0 Å². The van der Waals surface area contributed by atoms with Gasteiger partial charge in [0.25, 0.3) is 0 Å². The average Bonchev–Trinajstić information content (AvgIpc) is 2.41. The first-order valence-corrected chi connectivity index (χ1v) is 6.72. The highest BCUT2D eigenvalue weighted by Crippen LogP contribution is 2.21. The standard InChI is InChI=1S/C16H24N2/c1-5-12-18(13-6-2)15-10-8-14(9-11-15)16(7-3)17-4/h1,8-11,16-17H,6-7,12-13H2,2-4H3. The summed E-state index contributed by atoms with van der Waals surface area (Å²) in [6, 6.07) is 9.16. The Kier molecular flexibility index (Phi) is 6.32. The monoisotopic (exact) mass is 244 g/mol. The Balaban J connectivity index is 2.83. The SMILES string of the molecule is C#CCN(CCC)c1ccc(C(CC)NC)cc1. The fourth-order valence-electron chi connectivity index (χ4n) is 2.20. The van der Waals surface area contributed by atoms with Gasteiger partial charge in [-0.3, -0.25) is 0 Å². The Bertz CT molecular complexity index is 371. The van der Waals surface area contributed by atoms with E-state index in [-0.39, 0.29) is 0 Å². The zero-order valence-electron chi connectivity index (χ0n) is 11.7. The van der Waals surface area contributed by atoms with Crippen molar-refractivity contribution in [3.8, 4) is 12.3 Å². The number of nitrogens with zero attached hydrogens (tertiary/aromatic N) is 1. The van der Waals surface area contributed by atoms with Crippen molar-refractivity contribution in [2.24, 2.45) is 0 Å². The number of hydrogen-bond acceptors (Lipinski definition) is 2. The van der Waals surface area contributed by atoms with Crippen molar-refractivity contribution in [3.63, 3.8) is 0 Å². The molecular weight excluding hydrogens is 220 g/mol. The number of hydrogen-bond donors (Lipinski definition) is 1. The van der Waals surface area contributed by atoms with Gasteiger partial charge in [0, 0.05) is 18.3 Å². The van der Waals surface area contributed by atoms with Crippen LogP contribution in [0.4, 0.5) is 5.69 Å². The second-order valence-electron chi connectivity index (χ2n) is 4.47. The molecule has 0 spiro atoms.